The molecule has 2 atom stereocenters. The Balaban J connectivity index is 1.91. The van der Waals surface area contributed by atoms with Crippen LogP contribution in [0.25, 0.3) is 10.8 Å². The van der Waals surface area contributed by atoms with Crippen LogP contribution in [0, 0.1) is 0 Å². The molecule has 0 aliphatic rings. The summed E-state index contributed by atoms with van der Waals surface area (Å²) < 4.78 is 38.0. The molecule has 5 nitrogen and oxygen atoms in total. The van der Waals surface area contributed by atoms with E-state index >= 15 is 0 Å². The van der Waals surface area contributed by atoms with Gasteiger partial charge in [0.05, 0.1) is 17.0 Å². The fourth-order valence-electron chi connectivity index (χ4n) is 4.80. The highest BCUT2D eigenvalue weighted by Crippen LogP contribution is 2.41. The van der Waals surface area contributed by atoms with E-state index in [-0.39, 0.29) is 9.93 Å². The molecule has 0 saturated carbocycles. The van der Waals surface area contributed by atoms with Crippen molar-refractivity contribution in [1.29, 1.82) is 0 Å². The standard InChI is InChI=1S/C32H39NO4SSi/c1-24(37-39(5,6)31(2,3)4)30(32(34,26-18-9-7-10-19-26)27-20-11-8-12-21-27)33-38(35,36)29-23-15-17-25-16-13-14-22-28(25)29/h7-24,30,33-34H,1-6H3. The quantitative estimate of drug-likeness (QED) is 0.220. The molecule has 4 aromatic carbocycles. The molecule has 2 unspecified atom stereocenters. The number of rotatable bonds is 9. The van der Waals surface area contributed by atoms with Crippen LogP contribution in [0.2, 0.25) is 18.1 Å². The van der Waals surface area contributed by atoms with E-state index < -0.39 is 36.1 Å². The fraction of sp³-hybridized carbons (Fsp3) is 0.312. The molecule has 4 aromatic rings. The van der Waals surface area contributed by atoms with Gasteiger partial charge >= 0.3 is 0 Å². The van der Waals surface area contributed by atoms with Crippen LogP contribution in [0.15, 0.2) is 108 Å². The lowest BCUT2D eigenvalue weighted by Gasteiger charge is -2.45. The van der Waals surface area contributed by atoms with Gasteiger partial charge in [0.2, 0.25) is 10.0 Å². The number of sulfonamides is 1. The molecule has 39 heavy (non-hydrogen) atoms. The first-order valence-electron chi connectivity index (χ1n) is 13.3. The Morgan fingerprint density at radius 3 is 1.79 bits per heavy atom. The van der Waals surface area contributed by atoms with E-state index in [9.17, 15) is 13.5 Å². The van der Waals surface area contributed by atoms with Crippen molar-refractivity contribution >= 4 is 29.1 Å². The van der Waals surface area contributed by atoms with E-state index in [1.165, 1.54) is 0 Å². The van der Waals surface area contributed by atoms with Crippen molar-refractivity contribution in [3.05, 3.63) is 114 Å². The second kappa shape index (κ2) is 11.0. The van der Waals surface area contributed by atoms with Crippen molar-refractivity contribution in [3.8, 4) is 0 Å². The zero-order valence-electron chi connectivity index (χ0n) is 23.5. The van der Waals surface area contributed by atoms with Crippen molar-refractivity contribution in [2.24, 2.45) is 0 Å². The van der Waals surface area contributed by atoms with Crippen molar-refractivity contribution in [2.75, 3.05) is 0 Å². The Morgan fingerprint density at radius 1 is 0.769 bits per heavy atom. The second-order valence-electron chi connectivity index (χ2n) is 11.7. The van der Waals surface area contributed by atoms with Crippen LogP contribution in [0.5, 0.6) is 0 Å². The lowest BCUT2D eigenvalue weighted by Crippen LogP contribution is -2.59. The van der Waals surface area contributed by atoms with Gasteiger partial charge < -0.3 is 9.53 Å². The normalized spacial score (nSPS) is 14.7. The van der Waals surface area contributed by atoms with Crippen LogP contribution in [-0.2, 0) is 20.1 Å². The summed E-state index contributed by atoms with van der Waals surface area (Å²) in [6, 6.07) is 30.0. The number of nitrogens with one attached hydrogen (secondary N) is 1. The van der Waals surface area contributed by atoms with Gasteiger partial charge in [-0.1, -0.05) is 118 Å². The van der Waals surface area contributed by atoms with Gasteiger partial charge in [0.25, 0.3) is 0 Å². The molecule has 4 rings (SSSR count). The van der Waals surface area contributed by atoms with E-state index in [0.717, 1.165) is 5.39 Å². The highest BCUT2D eigenvalue weighted by Gasteiger charge is 2.48. The molecular weight excluding hydrogens is 523 g/mol. The molecule has 0 fully saturated rings. The van der Waals surface area contributed by atoms with Crippen LogP contribution in [0.1, 0.15) is 38.8 Å². The highest BCUT2D eigenvalue weighted by atomic mass is 32.2. The van der Waals surface area contributed by atoms with Crippen LogP contribution < -0.4 is 4.72 Å². The van der Waals surface area contributed by atoms with Crippen molar-refractivity contribution < 1.29 is 18.0 Å². The first-order valence-corrected chi connectivity index (χ1v) is 17.7. The Hall–Kier alpha value is -2.81. The van der Waals surface area contributed by atoms with Gasteiger partial charge in [-0.25, -0.2) is 13.1 Å². The summed E-state index contributed by atoms with van der Waals surface area (Å²) in [5.74, 6) is 0. The largest absolute Gasteiger partial charge is 0.412 e. The van der Waals surface area contributed by atoms with Crippen LogP contribution in [0.4, 0.5) is 0 Å². The van der Waals surface area contributed by atoms with Crippen LogP contribution >= 0.6 is 0 Å². The summed E-state index contributed by atoms with van der Waals surface area (Å²) in [4.78, 5) is 0.161. The predicted octanol–water partition coefficient (Wildman–Crippen LogP) is 6.83. The fourth-order valence-corrected chi connectivity index (χ4v) is 7.78. The van der Waals surface area contributed by atoms with Gasteiger partial charge in [-0.3, -0.25) is 0 Å². The molecule has 0 aromatic heterocycles. The van der Waals surface area contributed by atoms with E-state index in [2.05, 4.69) is 38.6 Å². The van der Waals surface area contributed by atoms with Gasteiger partial charge in [0.1, 0.15) is 5.60 Å². The van der Waals surface area contributed by atoms with Crippen molar-refractivity contribution in [1.82, 2.24) is 4.72 Å². The van der Waals surface area contributed by atoms with Gasteiger partial charge in [-0.15, -0.1) is 0 Å². The zero-order chi connectivity index (χ0) is 28.5. The number of aliphatic hydroxyl groups is 1. The second-order valence-corrected chi connectivity index (χ2v) is 18.1. The Kier molecular flexibility index (Phi) is 8.22. The van der Waals surface area contributed by atoms with Crippen molar-refractivity contribution in [3.63, 3.8) is 0 Å². The van der Waals surface area contributed by atoms with Gasteiger partial charge in [-0.05, 0) is 47.6 Å². The molecule has 0 aliphatic heterocycles. The molecule has 0 saturated heterocycles. The summed E-state index contributed by atoms with van der Waals surface area (Å²) >= 11 is 0. The minimum Gasteiger partial charge on any atom is -0.412 e. The summed E-state index contributed by atoms with van der Waals surface area (Å²) in [5, 5.41) is 14.0. The van der Waals surface area contributed by atoms with E-state index in [1.807, 2.05) is 91.9 Å². The average molecular weight is 562 g/mol. The first kappa shape index (κ1) is 29.2. The van der Waals surface area contributed by atoms with E-state index in [0.29, 0.717) is 16.5 Å². The average Bonchev–Trinajstić information content (AvgIpc) is 2.91. The molecule has 0 heterocycles. The maximum absolute atomic E-state index is 14.2. The molecule has 2 N–H and O–H groups in total. The maximum atomic E-state index is 14.2. The minimum absolute atomic E-state index is 0.113. The molecule has 0 aliphatic carbocycles. The molecule has 0 spiro atoms. The third-order valence-electron chi connectivity index (χ3n) is 7.96. The molecule has 206 valence electrons. The molecular formula is C32H39NO4SSi. The van der Waals surface area contributed by atoms with Crippen LogP contribution in [0.3, 0.4) is 0 Å². The molecule has 7 heteroatoms. The van der Waals surface area contributed by atoms with Gasteiger partial charge in [0, 0.05) is 5.39 Å². The number of hydrogen-bond donors (Lipinski definition) is 2. The third-order valence-corrected chi connectivity index (χ3v) is 14.0. The van der Waals surface area contributed by atoms with Crippen molar-refractivity contribution in [2.45, 2.75) is 68.5 Å². The number of fused-ring (bicyclic) bond motifs is 1. The molecule has 0 radical (unpaired) electrons. The minimum atomic E-state index is -4.10. The lowest BCUT2D eigenvalue weighted by molar-refractivity contribution is -0.00268. The maximum Gasteiger partial charge on any atom is 0.241 e. The van der Waals surface area contributed by atoms with Gasteiger partial charge in [-0.2, -0.15) is 0 Å². The number of benzene rings is 4. The predicted molar refractivity (Wildman–Crippen MR) is 162 cm³/mol. The Morgan fingerprint density at radius 2 is 1.26 bits per heavy atom. The van der Waals surface area contributed by atoms with Crippen LogP contribution in [-0.4, -0.2) is 34.0 Å². The molecule has 0 bridgehead atoms. The summed E-state index contributed by atoms with van der Waals surface area (Å²) in [6.07, 6.45) is -0.666. The summed E-state index contributed by atoms with van der Waals surface area (Å²) in [7, 11) is -6.45. The highest BCUT2D eigenvalue weighted by molar-refractivity contribution is 7.89. The summed E-state index contributed by atoms with van der Waals surface area (Å²) in [6.45, 7) is 12.5. The topological polar surface area (TPSA) is 75.6 Å². The SMILES string of the molecule is CC(O[Si](C)(C)C(C)(C)C)C(NS(=O)(=O)c1cccc2ccccc12)C(O)(c1ccccc1)c1ccccc1. The number of hydrogen-bond acceptors (Lipinski definition) is 4. The lowest BCUT2D eigenvalue weighted by atomic mass is 9.78. The smallest absolute Gasteiger partial charge is 0.241 e. The Bertz CT molecular complexity index is 1470. The molecule has 0 amide bonds. The van der Waals surface area contributed by atoms with Gasteiger partial charge in [0.15, 0.2) is 8.32 Å². The Labute approximate surface area is 234 Å². The summed E-state index contributed by atoms with van der Waals surface area (Å²) in [5.41, 5.74) is -0.568. The van der Waals surface area contributed by atoms with E-state index in [1.54, 1.807) is 18.2 Å². The zero-order valence-corrected chi connectivity index (χ0v) is 25.4. The first-order chi connectivity index (χ1) is 18.3. The third kappa shape index (κ3) is 5.88. The van der Waals surface area contributed by atoms with E-state index in [4.69, 9.17) is 4.43 Å². The monoisotopic (exact) mass is 561 g/mol.